The minimum absolute atomic E-state index is 0.174. The number of aliphatic hydroxyl groups is 2. The molecule has 0 aliphatic heterocycles. The highest BCUT2D eigenvalue weighted by Crippen LogP contribution is 2.50. The average molecular weight is 753 g/mol. The van der Waals surface area contributed by atoms with Crippen molar-refractivity contribution in [3.8, 4) is 22.3 Å². The van der Waals surface area contributed by atoms with E-state index in [4.69, 9.17) is 0 Å². The maximum absolute atomic E-state index is 13.4. The van der Waals surface area contributed by atoms with Gasteiger partial charge in [0.05, 0.1) is 23.9 Å². The molecular weight excluding hydrogens is 709 g/mol. The summed E-state index contributed by atoms with van der Waals surface area (Å²) in [5.74, 6) is -3.35. The van der Waals surface area contributed by atoms with E-state index in [9.17, 15) is 39.0 Å². The maximum Gasteiger partial charge on any atom is 0.259 e. The first-order valence-corrected chi connectivity index (χ1v) is 18.6. The van der Waals surface area contributed by atoms with Crippen molar-refractivity contribution in [1.82, 2.24) is 10.6 Å². The average Bonchev–Trinajstić information content (AvgIpc) is 3.70. The molecule has 0 bridgehead atoms. The van der Waals surface area contributed by atoms with Gasteiger partial charge in [-0.15, -0.1) is 0 Å². The summed E-state index contributed by atoms with van der Waals surface area (Å²) in [6.07, 6.45) is 3.10. The van der Waals surface area contributed by atoms with Crippen LogP contribution < -0.4 is 10.6 Å². The normalized spacial score (nSPS) is 16.4. The topological polar surface area (TPSA) is 167 Å². The number of nitrogens with one attached hydrogen (secondary N) is 2. The number of benzene rings is 4. The van der Waals surface area contributed by atoms with E-state index >= 15 is 0 Å². The van der Waals surface area contributed by atoms with Crippen molar-refractivity contribution in [2.24, 2.45) is 0 Å². The highest BCUT2D eigenvalue weighted by Gasteiger charge is 2.51. The molecule has 1 spiro atoms. The van der Waals surface area contributed by atoms with Gasteiger partial charge in [-0.2, -0.15) is 0 Å². The van der Waals surface area contributed by atoms with Crippen molar-refractivity contribution in [1.29, 1.82) is 0 Å². The molecule has 3 aliphatic carbocycles. The Morgan fingerprint density at radius 3 is 1.43 bits per heavy atom. The van der Waals surface area contributed by atoms with E-state index < -0.39 is 28.4 Å². The van der Waals surface area contributed by atoms with E-state index in [0.717, 1.165) is 40.7 Å². The second-order valence-electron chi connectivity index (χ2n) is 15.0. The minimum atomic E-state index is -0.973. The summed E-state index contributed by atoms with van der Waals surface area (Å²) in [6.45, 7) is 5.77. The summed E-state index contributed by atoms with van der Waals surface area (Å²) in [6, 6.07) is 30.6. The lowest BCUT2D eigenvalue weighted by molar-refractivity contribution is -0.127. The second kappa shape index (κ2) is 15.7. The molecule has 0 unspecified atom stereocenters. The Morgan fingerprint density at radius 2 is 0.982 bits per heavy atom. The number of hydrogen-bond acceptors (Lipinski definition) is 8. The Labute approximate surface area is 325 Å². The van der Waals surface area contributed by atoms with Crippen LogP contribution in [0.5, 0.6) is 0 Å². The van der Waals surface area contributed by atoms with Gasteiger partial charge in [0, 0.05) is 11.1 Å². The molecule has 1 saturated carbocycles. The summed E-state index contributed by atoms with van der Waals surface area (Å²) in [5, 5.41) is 26.6. The number of amides is 2. The van der Waals surface area contributed by atoms with Crippen LogP contribution >= 0.6 is 0 Å². The van der Waals surface area contributed by atoms with Crippen molar-refractivity contribution in [2.75, 3.05) is 13.1 Å². The SMILES string of the molecule is CC(=O)CNC(=O)C1=C(O)c2cc(-c3ccccc3)ccc2C(C)(C)C1=O.CC(=O)CNC(=O)C1=C(O)c2cc(-c3ccccc3)ccc2C2(CCCC2)C1=O. The number of hydrogen-bond donors (Lipinski definition) is 4. The highest BCUT2D eigenvalue weighted by atomic mass is 16.3. The van der Waals surface area contributed by atoms with Crippen LogP contribution in [0.3, 0.4) is 0 Å². The van der Waals surface area contributed by atoms with Crippen molar-refractivity contribution in [2.45, 2.75) is 64.2 Å². The highest BCUT2D eigenvalue weighted by molar-refractivity contribution is 6.29. The minimum Gasteiger partial charge on any atom is -0.506 e. The molecule has 4 aromatic rings. The van der Waals surface area contributed by atoms with E-state index in [2.05, 4.69) is 10.6 Å². The quantitative estimate of drug-likeness (QED) is 0.141. The van der Waals surface area contributed by atoms with E-state index in [1.54, 1.807) is 19.9 Å². The lowest BCUT2D eigenvalue weighted by Crippen LogP contribution is -2.43. The monoisotopic (exact) mass is 752 g/mol. The predicted octanol–water partition coefficient (Wildman–Crippen LogP) is 6.91. The molecular formula is C46H44N2O8. The van der Waals surface area contributed by atoms with Gasteiger partial charge in [0.25, 0.3) is 11.8 Å². The van der Waals surface area contributed by atoms with E-state index in [0.29, 0.717) is 29.5 Å². The Kier molecular flexibility index (Phi) is 11.0. The molecule has 4 N–H and O–H groups in total. The third kappa shape index (κ3) is 7.34. The molecule has 10 heteroatoms. The number of aliphatic hydroxyl groups excluding tert-OH is 2. The zero-order valence-electron chi connectivity index (χ0n) is 31.8. The van der Waals surface area contributed by atoms with Crippen LogP contribution in [-0.2, 0) is 39.6 Å². The third-order valence-corrected chi connectivity index (χ3v) is 10.8. The zero-order valence-corrected chi connectivity index (χ0v) is 31.8. The largest absolute Gasteiger partial charge is 0.506 e. The van der Waals surface area contributed by atoms with Gasteiger partial charge in [0.1, 0.15) is 34.2 Å². The first kappa shape index (κ1) is 39.3. The summed E-state index contributed by atoms with van der Waals surface area (Å²) in [7, 11) is 0. The van der Waals surface area contributed by atoms with Crippen molar-refractivity contribution < 1.29 is 39.0 Å². The molecule has 0 atom stereocenters. The van der Waals surface area contributed by atoms with Crippen molar-refractivity contribution in [3.63, 3.8) is 0 Å². The molecule has 0 aromatic heterocycles. The van der Waals surface area contributed by atoms with E-state index in [1.165, 1.54) is 13.8 Å². The number of rotatable bonds is 8. The second-order valence-corrected chi connectivity index (χ2v) is 15.0. The Bertz CT molecular complexity index is 2330. The first-order valence-electron chi connectivity index (χ1n) is 18.6. The predicted molar refractivity (Wildman–Crippen MR) is 213 cm³/mol. The van der Waals surface area contributed by atoms with Crippen LogP contribution in [0.1, 0.15) is 75.6 Å². The molecule has 2 amide bonds. The number of carbonyl (C=O) groups excluding carboxylic acids is 6. The number of carbonyl (C=O) groups is 6. The summed E-state index contributed by atoms with van der Waals surface area (Å²) < 4.78 is 0. The zero-order chi connectivity index (χ0) is 40.4. The maximum atomic E-state index is 13.4. The van der Waals surface area contributed by atoms with E-state index in [-0.39, 0.29) is 53.1 Å². The van der Waals surface area contributed by atoms with Gasteiger partial charge >= 0.3 is 0 Å². The number of fused-ring (bicyclic) bond motifs is 3. The standard InChI is InChI=1S/C24H23NO4.C22H21NO4/c1-15(26)14-25-23(29)20-21(27)18-13-17(16-7-3-2-4-8-16)9-10-19(18)24(22(20)28)11-5-6-12-24;1-13(24)12-23-21(27)18-19(25)16-11-15(14-7-5-4-6-8-14)9-10-17(16)22(2,3)20(18)26/h2-4,7-10,13,27H,5-6,11-12,14H2,1H3,(H,25,29);4-11,25H,12H2,1-3H3,(H,23,27). The molecule has 3 aliphatic rings. The molecule has 1 fully saturated rings. The van der Waals surface area contributed by atoms with Gasteiger partial charge in [-0.05, 0) is 86.1 Å². The fraction of sp³-hybridized carbons (Fsp3) is 0.261. The third-order valence-electron chi connectivity index (χ3n) is 10.8. The molecule has 10 nitrogen and oxygen atoms in total. The van der Waals surface area contributed by atoms with Gasteiger partial charge in [-0.25, -0.2) is 0 Å². The lowest BCUT2D eigenvalue weighted by atomic mass is 9.67. The van der Waals surface area contributed by atoms with Crippen LogP contribution in [0.15, 0.2) is 108 Å². The van der Waals surface area contributed by atoms with Crippen LogP contribution in [0, 0.1) is 0 Å². The fourth-order valence-corrected chi connectivity index (χ4v) is 7.83. The molecule has 56 heavy (non-hydrogen) atoms. The lowest BCUT2D eigenvalue weighted by Gasteiger charge is -2.35. The Morgan fingerprint density at radius 1 is 0.571 bits per heavy atom. The molecule has 286 valence electrons. The van der Waals surface area contributed by atoms with E-state index in [1.807, 2.05) is 91.0 Å². The molecule has 0 heterocycles. The number of ketones is 4. The van der Waals surface area contributed by atoms with Gasteiger partial charge in [-0.3, -0.25) is 28.8 Å². The Balaban J connectivity index is 0.000000190. The van der Waals surface area contributed by atoms with Crippen LogP contribution in [0.4, 0.5) is 0 Å². The summed E-state index contributed by atoms with van der Waals surface area (Å²) >= 11 is 0. The fourth-order valence-electron chi connectivity index (χ4n) is 7.83. The molecule has 0 saturated heterocycles. The summed E-state index contributed by atoms with van der Waals surface area (Å²) in [5.41, 5.74) is 3.87. The Hall–Kier alpha value is -6.42. The molecule has 4 aromatic carbocycles. The van der Waals surface area contributed by atoms with Gasteiger partial charge in [0.2, 0.25) is 0 Å². The van der Waals surface area contributed by atoms with Crippen molar-refractivity contribution in [3.05, 3.63) is 130 Å². The smallest absolute Gasteiger partial charge is 0.259 e. The molecule has 0 radical (unpaired) electrons. The van der Waals surface area contributed by atoms with Crippen LogP contribution in [0.25, 0.3) is 33.8 Å². The van der Waals surface area contributed by atoms with Crippen LogP contribution in [0.2, 0.25) is 0 Å². The van der Waals surface area contributed by atoms with Crippen molar-refractivity contribution >= 4 is 46.5 Å². The number of Topliss-reactive ketones (excluding diaryl/α,β-unsaturated/α-hetero) is 4. The van der Waals surface area contributed by atoms with Crippen LogP contribution in [-0.4, -0.2) is 58.2 Å². The first-order chi connectivity index (χ1) is 26.7. The molecule has 7 rings (SSSR count). The van der Waals surface area contributed by atoms with Gasteiger partial charge in [-0.1, -0.05) is 97.8 Å². The van der Waals surface area contributed by atoms with Gasteiger partial charge < -0.3 is 20.8 Å². The summed E-state index contributed by atoms with van der Waals surface area (Å²) in [4.78, 5) is 73.9. The van der Waals surface area contributed by atoms with Gasteiger partial charge in [0.15, 0.2) is 11.6 Å².